The molecule has 190 valence electrons. The molecule has 0 aliphatic heterocycles. The van der Waals surface area contributed by atoms with Crippen LogP contribution >= 0.6 is 0 Å². The number of fused-ring (bicyclic) bond motifs is 1. The fraction of sp³-hybridized carbons (Fsp3) is 0.241. The van der Waals surface area contributed by atoms with Crippen molar-refractivity contribution in [1.29, 1.82) is 0 Å². The van der Waals surface area contributed by atoms with Crippen molar-refractivity contribution in [3.8, 4) is 5.69 Å². The van der Waals surface area contributed by atoms with Gasteiger partial charge in [0.15, 0.2) is 0 Å². The van der Waals surface area contributed by atoms with Gasteiger partial charge in [-0.25, -0.2) is 14.6 Å². The number of anilines is 1. The molecule has 2 amide bonds. The summed E-state index contributed by atoms with van der Waals surface area (Å²) in [6.07, 6.45) is 0. The molecule has 4 rings (SSSR count). The molecule has 0 saturated carbocycles. The second-order valence-corrected chi connectivity index (χ2v) is 8.65. The summed E-state index contributed by atoms with van der Waals surface area (Å²) < 4.78 is 6.59. The third kappa shape index (κ3) is 5.38. The quantitative estimate of drug-likeness (QED) is 0.340. The van der Waals surface area contributed by atoms with E-state index in [1.807, 2.05) is 57.2 Å². The molecule has 0 aliphatic carbocycles. The van der Waals surface area contributed by atoms with Gasteiger partial charge in [-0.05, 0) is 76.2 Å². The first kappa shape index (κ1) is 25.6. The highest BCUT2D eigenvalue weighted by atomic mass is 16.5. The number of carbonyl (C=O) groups is 2. The van der Waals surface area contributed by atoms with Crippen LogP contribution in [0.2, 0.25) is 0 Å². The summed E-state index contributed by atoms with van der Waals surface area (Å²) in [6.45, 7) is 8.12. The number of ether oxygens (including phenoxy) is 1. The van der Waals surface area contributed by atoms with Crippen molar-refractivity contribution in [3.05, 3.63) is 100 Å². The zero-order valence-electron chi connectivity index (χ0n) is 21.4. The SMILES string of the molecule is CCOC(=O)c1ccc(NC(=O)N(CC)C(C)c2nc3ccccc3c(=O)n2-c2ccc(C)cc2)cc1. The molecule has 1 heterocycles. The molecule has 0 radical (unpaired) electrons. The molecule has 8 nitrogen and oxygen atoms in total. The lowest BCUT2D eigenvalue weighted by Gasteiger charge is -2.29. The van der Waals surface area contributed by atoms with Crippen molar-refractivity contribution >= 4 is 28.6 Å². The van der Waals surface area contributed by atoms with Gasteiger partial charge in [-0.2, -0.15) is 0 Å². The Morgan fingerprint density at radius 1 is 1.00 bits per heavy atom. The van der Waals surface area contributed by atoms with Gasteiger partial charge in [0.05, 0.1) is 34.8 Å². The van der Waals surface area contributed by atoms with Crippen molar-refractivity contribution in [2.24, 2.45) is 0 Å². The van der Waals surface area contributed by atoms with Crippen LogP contribution < -0.4 is 10.9 Å². The maximum absolute atomic E-state index is 13.6. The molecular weight excluding hydrogens is 468 g/mol. The van der Waals surface area contributed by atoms with E-state index in [-0.39, 0.29) is 18.2 Å². The molecule has 0 saturated heterocycles. The van der Waals surface area contributed by atoms with Gasteiger partial charge in [-0.15, -0.1) is 0 Å². The molecule has 37 heavy (non-hydrogen) atoms. The second kappa shape index (κ2) is 11.1. The fourth-order valence-corrected chi connectivity index (χ4v) is 4.21. The Labute approximate surface area is 215 Å². The average molecular weight is 499 g/mol. The molecule has 3 aromatic carbocycles. The average Bonchev–Trinajstić information content (AvgIpc) is 2.90. The lowest BCUT2D eigenvalue weighted by Crippen LogP contribution is -2.39. The van der Waals surface area contributed by atoms with Crippen LogP contribution in [0.1, 0.15) is 48.6 Å². The van der Waals surface area contributed by atoms with E-state index < -0.39 is 12.0 Å². The number of nitrogens with one attached hydrogen (secondary N) is 1. The number of nitrogens with zero attached hydrogens (tertiary/aromatic N) is 3. The van der Waals surface area contributed by atoms with Crippen molar-refractivity contribution < 1.29 is 14.3 Å². The molecule has 1 N–H and O–H groups in total. The number of rotatable bonds is 7. The second-order valence-electron chi connectivity index (χ2n) is 8.65. The minimum atomic E-state index is -0.526. The summed E-state index contributed by atoms with van der Waals surface area (Å²) in [7, 11) is 0. The minimum absolute atomic E-state index is 0.192. The Morgan fingerprint density at radius 3 is 2.32 bits per heavy atom. The highest BCUT2D eigenvalue weighted by molar-refractivity contribution is 5.92. The number of hydrogen-bond acceptors (Lipinski definition) is 5. The molecule has 1 aromatic heterocycles. The monoisotopic (exact) mass is 498 g/mol. The van der Waals surface area contributed by atoms with Crippen LogP contribution in [0.15, 0.2) is 77.6 Å². The maximum atomic E-state index is 13.6. The molecule has 1 unspecified atom stereocenters. The van der Waals surface area contributed by atoms with Crippen LogP contribution in [-0.2, 0) is 4.74 Å². The summed E-state index contributed by atoms with van der Waals surface area (Å²) in [5.74, 6) is 0.0443. The van der Waals surface area contributed by atoms with Gasteiger partial charge in [-0.1, -0.05) is 29.8 Å². The summed E-state index contributed by atoms with van der Waals surface area (Å²) in [5, 5.41) is 3.39. The van der Waals surface area contributed by atoms with Gasteiger partial charge in [-0.3, -0.25) is 9.36 Å². The van der Waals surface area contributed by atoms with E-state index in [2.05, 4.69) is 5.32 Å². The molecule has 1 atom stereocenters. The molecule has 0 bridgehead atoms. The lowest BCUT2D eigenvalue weighted by atomic mass is 10.1. The van der Waals surface area contributed by atoms with E-state index in [1.165, 1.54) is 0 Å². The number of aromatic nitrogens is 2. The van der Waals surface area contributed by atoms with E-state index in [9.17, 15) is 14.4 Å². The third-order valence-electron chi connectivity index (χ3n) is 6.18. The zero-order valence-corrected chi connectivity index (χ0v) is 21.4. The Balaban J connectivity index is 1.69. The first-order valence-electron chi connectivity index (χ1n) is 12.3. The maximum Gasteiger partial charge on any atom is 0.338 e. The number of para-hydroxylation sites is 1. The summed E-state index contributed by atoms with van der Waals surface area (Å²) in [6, 6.07) is 20.5. The molecule has 0 aliphatic rings. The summed E-state index contributed by atoms with van der Waals surface area (Å²) >= 11 is 0. The van der Waals surface area contributed by atoms with Crippen LogP contribution in [0, 0.1) is 6.92 Å². The van der Waals surface area contributed by atoms with Gasteiger partial charge in [0, 0.05) is 12.2 Å². The number of carbonyl (C=O) groups excluding carboxylic acids is 2. The normalized spacial score (nSPS) is 11.7. The van der Waals surface area contributed by atoms with E-state index in [0.717, 1.165) is 5.56 Å². The smallest absolute Gasteiger partial charge is 0.338 e. The van der Waals surface area contributed by atoms with Crippen LogP contribution in [0.3, 0.4) is 0 Å². The first-order chi connectivity index (χ1) is 17.8. The molecular formula is C29H30N4O4. The number of aryl methyl sites for hydroxylation is 1. The van der Waals surface area contributed by atoms with Crippen molar-refractivity contribution in [2.75, 3.05) is 18.5 Å². The predicted octanol–water partition coefficient (Wildman–Crippen LogP) is 5.49. The number of esters is 1. The van der Waals surface area contributed by atoms with Crippen LogP contribution in [0.5, 0.6) is 0 Å². The van der Waals surface area contributed by atoms with E-state index >= 15 is 0 Å². The van der Waals surface area contributed by atoms with Crippen molar-refractivity contribution in [1.82, 2.24) is 14.5 Å². The molecule has 0 fully saturated rings. The van der Waals surface area contributed by atoms with Crippen LogP contribution in [0.25, 0.3) is 16.6 Å². The number of amides is 2. The molecule has 4 aromatic rings. The number of hydrogen-bond donors (Lipinski definition) is 1. The third-order valence-corrected chi connectivity index (χ3v) is 6.18. The van der Waals surface area contributed by atoms with Gasteiger partial charge < -0.3 is 15.0 Å². The van der Waals surface area contributed by atoms with Gasteiger partial charge >= 0.3 is 12.0 Å². The van der Waals surface area contributed by atoms with E-state index in [4.69, 9.17) is 9.72 Å². The summed E-state index contributed by atoms with van der Waals surface area (Å²) in [4.78, 5) is 45.3. The fourth-order valence-electron chi connectivity index (χ4n) is 4.21. The van der Waals surface area contributed by atoms with E-state index in [1.54, 1.807) is 52.8 Å². The lowest BCUT2D eigenvalue weighted by molar-refractivity contribution is 0.0526. The van der Waals surface area contributed by atoms with Gasteiger partial charge in [0.1, 0.15) is 5.82 Å². The van der Waals surface area contributed by atoms with Crippen molar-refractivity contribution in [2.45, 2.75) is 33.7 Å². The minimum Gasteiger partial charge on any atom is -0.462 e. The zero-order chi connectivity index (χ0) is 26.5. The predicted molar refractivity (Wildman–Crippen MR) is 144 cm³/mol. The van der Waals surface area contributed by atoms with Gasteiger partial charge in [0.25, 0.3) is 5.56 Å². The van der Waals surface area contributed by atoms with Crippen molar-refractivity contribution in [3.63, 3.8) is 0 Å². The van der Waals surface area contributed by atoms with Gasteiger partial charge in [0.2, 0.25) is 0 Å². The Morgan fingerprint density at radius 2 is 1.68 bits per heavy atom. The standard InChI is InChI=1S/C29H30N4O4/c1-5-32(29(36)30-22-15-13-21(14-16-22)28(35)37-6-2)20(4)26-31-25-10-8-7-9-24(25)27(34)33(26)23-17-11-19(3)12-18-23/h7-18,20H,5-6H2,1-4H3,(H,30,36). The Kier molecular flexibility index (Phi) is 7.67. The topological polar surface area (TPSA) is 93.5 Å². The number of benzene rings is 3. The molecule has 8 heteroatoms. The largest absolute Gasteiger partial charge is 0.462 e. The first-order valence-corrected chi connectivity index (χ1v) is 12.3. The highest BCUT2D eigenvalue weighted by Crippen LogP contribution is 2.24. The Bertz CT molecular complexity index is 1480. The number of urea groups is 1. The Hall–Kier alpha value is -4.46. The van der Waals surface area contributed by atoms with E-state index in [0.29, 0.717) is 40.2 Å². The molecule has 0 spiro atoms. The van der Waals surface area contributed by atoms with Crippen LogP contribution in [-0.4, -0.2) is 39.6 Å². The highest BCUT2D eigenvalue weighted by Gasteiger charge is 2.26. The van der Waals surface area contributed by atoms with Crippen LogP contribution in [0.4, 0.5) is 10.5 Å². The summed E-state index contributed by atoms with van der Waals surface area (Å²) in [5.41, 5.74) is 3.07.